The SMILES string of the molecule is CCC(C1COC(Cc2ccccc2)CO1)C1(Cc2ccccc2)CCC1. The lowest BCUT2D eigenvalue weighted by molar-refractivity contribution is -0.176. The molecule has 1 saturated heterocycles. The Morgan fingerprint density at radius 3 is 2.07 bits per heavy atom. The molecule has 3 unspecified atom stereocenters. The molecule has 2 fully saturated rings. The van der Waals surface area contributed by atoms with Gasteiger partial charge in [0, 0.05) is 6.42 Å². The van der Waals surface area contributed by atoms with Gasteiger partial charge in [-0.1, -0.05) is 80.4 Å². The van der Waals surface area contributed by atoms with E-state index in [2.05, 4.69) is 67.6 Å². The van der Waals surface area contributed by atoms with Crippen LogP contribution >= 0.6 is 0 Å². The van der Waals surface area contributed by atoms with Crippen LogP contribution in [0.15, 0.2) is 60.7 Å². The Morgan fingerprint density at radius 2 is 1.56 bits per heavy atom. The average Bonchev–Trinajstić information content (AvgIpc) is 2.69. The van der Waals surface area contributed by atoms with Crippen molar-refractivity contribution in [2.75, 3.05) is 13.2 Å². The molecule has 4 rings (SSSR count). The molecule has 0 radical (unpaired) electrons. The highest BCUT2D eigenvalue weighted by Gasteiger charge is 2.47. The van der Waals surface area contributed by atoms with Crippen LogP contribution < -0.4 is 0 Å². The Labute approximate surface area is 163 Å². The maximum Gasteiger partial charge on any atom is 0.0850 e. The summed E-state index contributed by atoms with van der Waals surface area (Å²) in [6, 6.07) is 21.6. The fraction of sp³-hybridized carbons (Fsp3) is 0.520. The third kappa shape index (κ3) is 4.28. The normalized spacial score (nSPS) is 25.5. The summed E-state index contributed by atoms with van der Waals surface area (Å²) in [6.45, 7) is 3.79. The lowest BCUT2D eigenvalue weighted by Crippen LogP contribution is -2.50. The minimum atomic E-state index is 0.188. The van der Waals surface area contributed by atoms with Crippen LogP contribution in [0.25, 0.3) is 0 Å². The van der Waals surface area contributed by atoms with E-state index < -0.39 is 0 Å². The summed E-state index contributed by atoms with van der Waals surface area (Å²) in [4.78, 5) is 0. The van der Waals surface area contributed by atoms with Crippen molar-refractivity contribution in [2.45, 2.75) is 57.7 Å². The highest BCUT2D eigenvalue weighted by molar-refractivity contribution is 5.19. The zero-order chi connectivity index (χ0) is 18.5. The molecule has 0 aromatic heterocycles. The Hall–Kier alpha value is -1.64. The number of hydrogen-bond donors (Lipinski definition) is 0. The van der Waals surface area contributed by atoms with Gasteiger partial charge in [0.1, 0.15) is 0 Å². The number of benzene rings is 2. The van der Waals surface area contributed by atoms with Crippen molar-refractivity contribution in [2.24, 2.45) is 11.3 Å². The Morgan fingerprint density at radius 1 is 0.889 bits per heavy atom. The molecule has 1 aliphatic heterocycles. The summed E-state index contributed by atoms with van der Waals surface area (Å²) in [6.07, 6.45) is 7.73. The molecular weight excluding hydrogens is 332 g/mol. The summed E-state index contributed by atoms with van der Waals surface area (Å²) in [5.41, 5.74) is 3.20. The minimum absolute atomic E-state index is 0.188. The van der Waals surface area contributed by atoms with Crippen molar-refractivity contribution in [1.82, 2.24) is 0 Å². The number of rotatable bonds is 7. The van der Waals surface area contributed by atoms with Gasteiger partial charge in [0.15, 0.2) is 0 Å². The van der Waals surface area contributed by atoms with Crippen LogP contribution in [0.2, 0.25) is 0 Å². The van der Waals surface area contributed by atoms with Gasteiger partial charge in [-0.05, 0) is 41.7 Å². The van der Waals surface area contributed by atoms with Crippen LogP contribution in [0.4, 0.5) is 0 Å². The average molecular weight is 365 g/mol. The van der Waals surface area contributed by atoms with Crippen LogP contribution in [-0.2, 0) is 22.3 Å². The highest BCUT2D eigenvalue weighted by atomic mass is 16.6. The van der Waals surface area contributed by atoms with E-state index in [0.717, 1.165) is 19.6 Å². The largest absolute Gasteiger partial charge is 0.373 e. The third-order valence-corrected chi connectivity index (χ3v) is 6.72. The van der Waals surface area contributed by atoms with Gasteiger partial charge < -0.3 is 9.47 Å². The topological polar surface area (TPSA) is 18.5 Å². The van der Waals surface area contributed by atoms with Crippen LogP contribution in [0.3, 0.4) is 0 Å². The van der Waals surface area contributed by atoms with Gasteiger partial charge in [0.2, 0.25) is 0 Å². The van der Waals surface area contributed by atoms with E-state index in [1.807, 2.05) is 0 Å². The van der Waals surface area contributed by atoms with E-state index in [1.165, 1.54) is 43.2 Å². The summed E-state index contributed by atoms with van der Waals surface area (Å²) in [5, 5.41) is 0. The zero-order valence-corrected chi connectivity index (χ0v) is 16.5. The van der Waals surface area contributed by atoms with Crippen molar-refractivity contribution in [1.29, 1.82) is 0 Å². The van der Waals surface area contributed by atoms with Gasteiger partial charge in [-0.15, -0.1) is 0 Å². The van der Waals surface area contributed by atoms with Gasteiger partial charge in [-0.25, -0.2) is 0 Å². The van der Waals surface area contributed by atoms with Crippen molar-refractivity contribution in [3.63, 3.8) is 0 Å². The zero-order valence-electron chi connectivity index (χ0n) is 16.5. The predicted molar refractivity (Wildman–Crippen MR) is 110 cm³/mol. The molecule has 144 valence electrons. The number of hydrogen-bond acceptors (Lipinski definition) is 2. The molecule has 3 atom stereocenters. The fourth-order valence-corrected chi connectivity index (χ4v) is 5.19. The fourth-order valence-electron chi connectivity index (χ4n) is 5.19. The van der Waals surface area contributed by atoms with Gasteiger partial charge in [-0.2, -0.15) is 0 Å². The summed E-state index contributed by atoms with van der Waals surface area (Å²) in [5.74, 6) is 0.587. The van der Waals surface area contributed by atoms with Crippen molar-refractivity contribution < 1.29 is 9.47 Å². The van der Waals surface area contributed by atoms with Crippen molar-refractivity contribution in [3.8, 4) is 0 Å². The van der Waals surface area contributed by atoms with E-state index in [1.54, 1.807) is 0 Å². The predicted octanol–water partition coefficient (Wildman–Crippen LogP) is 5.45. The molecule has 1 heterocycles. The van der Waals surface area contributed by atoms with Crippen LogP contribution in [0, 0.1) is 11.3 Å². The molecule has 0 N–H and O–H groups in total. The van der Waals surface area contributed by atoms with E-state index in [9.17, 15) is 0 Å². The van der Waals surface area contributed by atoms with Crippen LogP contribution in [0.5, 0.6) is 0 Å². The molecular formula is C25H32O2. The first kappa shape index (κ1) is 18.7. The Kier molecular flexibility index (Phi) is 5.95. The van der Waals surface area contributed by atoms with Crippen LogP contribution in [0.1, 0.15) is 43.7 Å². The molecule has 1 aliphatic carbocycles. The smallest absolute Gasteiger partial charge is 0.0850 e. The summed E-state index contributed by atoms with van der Waals surface area (Å²) < 4.78 is 12.7. The number of ether oxygens (including phenoxy) is 2. The lowest BCUT2D eigenvalue weighted by atomic mass is 9.56. The molecule has 2 aromatic carbocycles. The maximum atomic E-state index is 6.41. The van der Waals surface area contributed by atoms with Gasteiger partial charge in [0.05, 0.1) is 25.4 Å². The van der Waals surface area contributed by atoms with Gasteiger partial charge in [-0.3, -0.25) is 0 Å². The molecule has 0 bridgehead atoms. The second kappa shape index (κ2) is 8.58. The Balaban J connectivity index is 1.38. The Bertz CT molecular complexity index is 685. The second-order valence-corrected chi connectivity index (χ2v) is 8.41. The van der Waals surface area contributed by atoms with Crippen molar-refractivity contribution >= 4 is 0 Å². The molecule has 27 heavy (non-hydrogen) atoms. The first-order valence-corrected chi connectivity index (χ1v) is 10.6. The van der Waals surface area contributed by atoms with E-state index in [-0.39, 0.29) is 12.2 Å². The lowest BCUT2D eigenvalue weighted by Gasteiger charge is -2.51. The second-order valence-electron chi connectivity index (χ2n) is 8.41. The quantitative estimate of drug-likeness (QED) is 0.650. The molecule has 0 spiro atoms. The van der Waals surface area contributed by atoms with Gasteiger partial charge in [0.25, 0.3) is 0 Å². The molecule has 2 aliphatic rings. The van der Waals surface area contributed by atoms with Gasteiger partial charge >= 0.3 is 0 Å². The van der Waals surface area contributed by atoms with E-state index >= 15 is 0 Å². The van der Waals surface area contributed by atoms with E-state index in [0.29, 0.717) is 11.3 Å². The maximum absolute atomic E-state index is 6.41. The molecule has 1 saturated carbocycles. The van der Waals surface area contributed by atoms with E-state index in [4.69, 9.17) is 9.47 Å². The monoisotopic (exact) mass is 364 g/mol. The molecule has 2 heteroatoms. The van der Waals surface area contributed by atoms with Crippen LogP contribution in [-0.4, -0.2) is 25.4 Å². The first-order chi connectivity index (χ1) is 13.3. The van der Waals surface area contributed by atoms with Crippen molar-refractivity contribution in [3.05, 3.63) is 71.8 Å². The molecule has 2 aromatic rings. The highest BCUT2D eigenvalue weighted by Crippen LogP contribution is 2.52. The molecule has 2 nitrogen and oxygen atoms in total. The summed E-state index contributed by atoms with van der Waals surface area (Å²) >= 11 is 0. The summed E-state index contributed by atoms with van der Waals surface area (Å²) in [7, 11) is 0. The third-order valence-electron chi connectivity index (χ3n) is 6.72. The minimum Gasteiger partial charge on any atom is -0.373 e. The standard InChI is InChI=1S/C25H32O2/c1-2-23(25(14-9-15-25)17-21-12-7-4-8-13-21)24-19-26-22(18-27-24)16-20-10-5-3-6-11-20/h3-8,10-13,22-24H,2,9,14-19H2,1H3. The first-order valence-electron chi connectivity index (χ1n) is 10.6. The molecule has 0 amide bonds.